The van der Waals surface area contributed by atoms with Crippen molar-refractivity contribution in [1.29, 1.82) is 0 Å². The third-order valence-electron chi connectivity index (χ3n) is 4.75. The van der Waals surface area contributed by atoms with Crippen LogP contribution in [0.4, 0.5) is 8.78 Å². The minimum Gasteiger partial charge on any atom is -0.435 e. The summed E-state index contributed by atoms with van der Waals surface area (Å²) in [6.07, 6.45) is 3.11. The van der Waals surface area contributed by atoms with Gasteiger partial charge < -0.3 is 10.1 Å². The molecule has 1 heterocycles. The first-order valence-corrected chi connectivity index (χ1v) is 9.38. The lowest BCUT2D eigenvalue weighted by Crippen LogP contribution is -2.36. The number of rotatable bonds is 9. The van der Waals surface area contributed by atoms with Crippen molar-refractivity contribution in [2.45, 2.75) is 26.1 Å². The standard InChI is InChI=1S/C21H23F2N5O2/c1-15(17-5-7-18(8-6-17)28-14-24-13-26-28)27(2)12-20(29)25-11-16-3-9-19(10-4-16)30-21(22)23/h3-10,13-15,21H,11-12H2,1-2H3,(H,25,29). The molecule has 9 heteroatoms. The Balaban J connectivity index is 1.48. The highest BCUT2D eigenvalue weighted by Crippen LogP contribution is 2.20. The van der Waals surface area contributed by atoms with Crippen LogP contribution in [0, 0.1) is 0 Å². The Labute approximate surface area is 173 Å². The molecule has 7 nitrogen and oxygen atoms in total. The number of alkyl halides is 2. The SMILES string of the molecule is CC(c1ccc(-n2cncn2)cc1)N(C)CC(=O)NCc1ccc(OC(F)F)cc1. The summed E-state index contributed by atoms with van der Waals surface area (Å²) in [5.41, 5.74) is 2.78. The second-order valence-electron chi connectivity index (χ2n) is 6.82. The molecule has 3 rings (SSSR count). The predicted molar refractivity (Wildman–Crippen MR) is 107 cm³/mol. The topological polar surface area (TPSA) is 72.3 Å². The van der Waals surface area contributed by atoms with Gasteiger partial charge in [0.2, 0.25) is 5.91 Å². The zero-order valence-electron chi connectivity index (χ0n) is 16.7. The van der Waals surface area contributed by atoms with Crippen molar-refractivity contribution in [2.75, 3.05) is 13.6 Å². The van der Waals surface area contributed by atoms with E-state index in [-0.39, 0.29) is 24.2 Å². The Morgan fingerprint density at radius 3 is 2.47 bits per heavy atom. The molecule has 1 atom stereocenters. The number of hydrogen-bond donors (Lipinski definition) is 1. The lowest BCUT2D eigenvalue weighted by Gasteiger charge is -2.24. The first-order chi connectivity index (χ1) is 14.4. The van der Waals surface area contributed by atoms with Gasteiger partial charge in [0.15, 0.2) is 0 Å². The molecule has 0 aliphatic rings. The molecule has 1 amide bonds. The van der Waals surface area contributed by atoms with Gasteiger partial charge in [0, 0.05) is 12.6 Å². The lowest BCUT2D eigenvalue weighted by molar-refractivity contribution is -0.122. The monoisotopic (exact) mass is 415 g/mol. The summed E-state index contributed by atoms with van der Waals surface area (Å²) < 4.78 is 30.3. The summed E-state index contributed by atoms with van der Waals surface area (Å²) in [6.45, 7) is -0.299. The van der Waals surface area contributed by atoms with Crippen molar-refractivity contribution in [2.24, 2.45) is 0 Å². The van der Waals surface area contributed by atoms with Gasteiger partial charge in [-0.2, -0.15) is 13.9 Å². The van der Waals surface area contributed by atoms with Crippen molar-refractivity contribution < 1.29 is 18.3 Å². The largest absolute Gasteiger partial charge is 0.435 e. The van der Waals surface area contributed by atoms with E-state index in [0.29, 0.717) is 6.54 Å². The summed E-state index contributed by atoms with van der Waals surface area (Å²) in [5, 5.41) is 6.94. The maximum atomic E-state index is 12.3. The maximum absolute atomic E-state index is 12.3. The maximum Gasteiger partial charge on any atom is 0.387 e. The number of halogens is 2. The molecular weight excluding hydrogens is 392 g/mol. The number of hydrogen-bond acceptors (Lipinski definition) is 5. The van der Waals surface area contributed by atoms with Crippen LogP contribution in [0.1, 0.15) is 24.1 Å². The Bertz CT molecular complexity index is 931. The summed E-state index contributed by atoms with van der Waals surface area (Å²) in [5.74, 6) is -0.0417. The number of carbonyl (C=O) groups excluding carboxylic acids is 1. The van der Waals surface area contributed by atoms with Crippen molar-refractivity contribution in [3.63, 3.8) is 0 Å². The van der Waals surface area contributed by atoms with Crippen LogP contribution in [0.3, 0.4) is 0 Å². The van der Waals surface area contributed by atoms with Gasteiger partial charge in [0.05, 0.1) is 12.2 Å². The molecule has 0 spiro atoms. The van der Waals surface area contributed by atoms with Gasteiger partial charge in [0.25, 0.3) is 0 Å². The minimum absolute atomic E-state index is 0.0336. The molecular formula is C21H23F2N5O2. The number of benzene rings is 2. The second kappa shape index (κ2) is 9.93. The quantitative estimate of drug-likeness (QED) is 0.581. The van der Waals surface area contributed by atoms with Gasteiger partial charge in [-0.05, 0) is 49.4 Å². The van der Waals surface area contributed by atoms with Crippen molar-refractivity contribution in [3.05, 3.63) is 72.3 Å². The molecule has 0 fully saturated rings. The zero-order valence-corrected chi connectivity index (χ0v) is 16.7. The van der Waals surface area contributed by atoms with Crippen LogP contribution in [-0.4, -0.2) is 45.8 Å². The van der Waals surface area contributed by atoms with Crippen molar-refractivity contribution in [3.8, 4) is 11.4 Å². The van der Waals surface area contributed by atoms with Gasteiger partial charge in [-0.1, -0.05) is 24.3 Å². The lowest BCUT2D eigenvalue weighted by atomic mass is 10.1. The van der Waals surface area contributed by atoms with Gasteiger partial charge >= 0.3 is 6.61 Å². The predicted octanol–water partition coefficient (Wildman–Crippen LogP) is 3.18. The molecule has 1 unspecified atom stereocenters. The average molecular weight is 415 g/mol. The van der Waals surface area contributed by atoms with E-state index >= 15 is 0 Å². The van der Waals surface area contributed by atoms with E-state index in [9.17, 15) is 13.6 Å². The Morgan fingerprint density at radius 2 is 1.87 bits per heavy atom. The molecule has 1 aromatic heterocycles. The fraction of sp³-hybridized carbons (Fsp3) is 0.286. The zero-order chi connectivity index (χ0) is 21.5. The third-order valence-corrected chi connectivity index (χ3v) is 4.75. The van der Waals surface area contributed by atoms with Crippen molar-refractivity contribution >= 4 is 5.91 Å². The molecule has 1 N–H and O–H groups in total. The smallest absolute Gasteiger partial charge is 0.387 e. The van der Waals surface area contributed by atoms with Crippen LogP contribution in [0.25, 0.3) is 5.69 Å². The molecule has 0 radical (unpaired) electrons. The van der Waals surface area contributed by atoms with E-state index in [1.165, 1.54) is 18.5 Å². The highest BCUT2D eigenvalue weighted by atomic mass is 19.3. The third kappa shape index (κ3) is 5.84. The molecule has 0 bridgehead atoms. The molecule has 2 aromatic carbocycles. The van der Waals surface area contributed by atoms with Gasteiger partial charge in [-0.3, -0.25) is 9.69 Å². The first kappa shape index (κ1) is 21.4. The van der Waals surface area contributed by atoms with Crippen molar-refractivity contribution in [1.82, 2.24) is 25.0 Å². The molecule has 30 heavy (non-hydrogen) atoms. The fourth-order valence-electron chi connectivity index (χ4n) is 2.91. The Hall–Kier alpha value is -3.33. The average Bonchev–Trinajstić information content (AvgIpc) is 3.27. The van der Waals surface area contributed by atoms with Crippen LogP contribution < -0.4 is 10.1 Å². The van der Waals surface area contributed by atoms with E-state index in [4.69, 9.17) is 0 Å². The van der Waals surface area contributed by atoms with Gasteiger partial charge in [-0.25, -0.2) is 9.67 Å². The number of likely N-dealkylation sites (N-methyl/N-ethyl adjacent to an activating group) is 1. The van der Waals surface area contributed by atoms with Crippen LogP contribution in [0.5, 0.6) is 5.75 Å². The van der Waals surface area contributed by atoms with Crippen LogP contribution in [-0.2, 0) is 11.3 Å². The highest BCUT2D eigenvalue weighted by molar-refractivity contribution is 5.78. The molecule has 0 aliphatic heterocycles. The number of aromatic nitrogens is 3. The highest BCUT2D eigenvalue weighted by Gasteiger charge is 2.15. The number of carbonyl (C=O) groups is 1. The molecule has 0 saturated heterocycles. The Kier molecular flexibility index (Phi) is 7.08. The second-order valence-corrected chi connectivity index (χ2v) is 6.82. The van der Waals surface area contributed by atoms with E-state index in [2.05, 4.69) is 20.1 Å². The first-order valence-electron chi connectivity index (χ1n) is 9.38. The van der Waals surface area contributed by atoms with Gasteiger partial charge in [-0.15, -0.1) is 0 Å². The van der Waals surface area contributed by atoms with E-state index < -0.39 is 6.61 Å². The summed E-state index contributed by atoms with van der Waals surface area (Å²) in [4.78, 5) is 18.2. The van der Waals surface area contributed by atoms with Crippen LogP contribution in [0.15, 0.2) is 61.2 Å². The minimum atomic E-state index is -2.85. The number of ether oxygens (including phenoxy) is 1. The van der Waals surface area contributed by atoms with E-state index in [1.807, 2.05) is 43.1 Å². The molecule has 3 aromatic rings. The summed E-state index contributed by atoms with van der Waals surface area (Å²) >= 11 is 0. The summed E-state index contributed by atoms with van der Waals surface area (Å²) in [6, 6.07) is 14.1. The summed E-state index contributed by atoms with van der Waals surface area (Å²) in [7, 11) is 1.88. The molecule has 0 saturated carbocycles. The Morgan fingerprint density at radius 1 is 1.17 bits per heavy atom. The number of nitrogens with one attached hydrogen (secondary N) is 1. The van der Waals surface area contributed by atoms with Gasteiger partial charge in [0.1, 0.15) is 18.4 Å². The fourth-order valence-corrected chi connectivity index (χ4v) is 2.91. The molecule has 158 valence electrons. The van der Waals surface area contributed by atoms with Crippen LogP contribution >= 0.6 is 0 Å². The normalized spacial score (nSPS) is 12.2. The van der Waals surface area contributed by atoms with E-state index in [0.717, 1.165) is 16.8 Å². The van der Waals surface area contributed by atoms with E-state index in [1.54, 1.807) is 23.1 Å². The van der Waals surface area contributed by atoms with Crippen LogP contribution in [0.2, 0.25) is 0 Å². The molecule has 0 aliphatic carbocycles. The number of nitrogens with zero attached hydrogens (tertiary/aromatic N) is 4. The number of amides is 1.